The molecule has 2 rings (SSSR count). The van der Waals surface area contributed by atoms with Crippen molar-refractivity contribution in [3.05, 3.63) is 0 Å². The molecule has 1 N–H and O–H groups in total. The van der Waals surface area contributed by atoms with Crippen LogP contribution >= 0.6 is 0 Å². The van der Waals surface area contributed by atoms with Gasteiger partial charge in [-0.1, -0.05) is 33.1 Å². The largest absolute Gasteiger partial charge is 0.312 e. The van der Waals surface area contributed by atoms with E-state index in [4.69, 9.17) is 0 Å². The molecule has 1 aliphatic carbocycles. The van der Waals surface area contributed by atoms with Crippen molar-refractivity contribution in [2.75, 3.05) is 26.2 Å². The van der Waals surface area contributed by atoms with E-state index in [0.29, 0.717) is 0 Å². The molecule has 0 aromatic heterocycles. The Morgan fingerprint density at radius 3 is 2.59 bits per heavy atom. The molecule has 2 heteroatoms. The van der Waals surface area contributed by atoms with Gasteiger partial charge in [0.1, 0.15) is 0 Å². The fourth-order valence-electron chi connectivity index (χ4n) is 3.59. The van der Waals surface area contributed by atoms with E-state index < -0.39 is 0 Å². The Hall–Kier alpha value is -0.0800. The van der Waals surface area contributed by atoms with Gasteiger partial charge in [0.2, 0.25) is 0 Å². The normalized spacial score (nSPS) is 32.8. The minimum Gasteiger partial charge on any atom is -0.312 e. The predicted octanol–water partition coefficient (Wildman–Crippen LogP) is 2.89. The number of likely N-dealkylation sites (tertiary alicyclic amines) is 1. The van der Waals surface area contributed by atoms with Crippen LogP contribution in [-0.4, -0.2) is 37.1 Å². The van der Waals surface area contributed by atoms with Crippen molar-refractivity contribution in [3.63, 3.8) is 0 Å². The highest BCUT2D eigenvalue weighted by atomic mass is 15.2. The molecule has 0 spiro atoms. The molecule has 1 saturated heterocycles. The molecule has 0 bridgehead atoms. The topological polar surface area (TPSA) is 15.3 Å². The van der Waals surface area contributed by atoms with Crippen LogP contribution in [-0.2, 0) is 0 Å². The zero-order chi connectivity index (χ0) is 12.1. The zero-order valence-corrected chi connectivity index (χ0v) is 11.8. The summed E-state index contributed by atoms with van der Waals surface area (Å²) in [4.78, 5) is 2.60. The maximum absolute atomic E-state index is 3.84. The summed E-state index contributed by atoms with van der Waals surface area (Å²) in [6, 6.07) is 0.751. The third-order valence-electron chi connectivity index (χ3n) is 4.60. The average Bonchev–Trinajstić information content (AvgIpc) is 2.37. The number of rotatable bonds is 4. The number of nitrogens with one attached hydrogen (secondary N) is 1. The molecule has 100 valence electrons. The first-order chi connectivity index (χ1) is 8.28. The second-order valence-electron chi connectivity index (χ2n) is 6.30. The monoisotopic (exact) mass is 238 g/mol. The van der Waals surface area contributed by atoms with E-state index in [0.717, 1.165) is 17.9 Å². The van der Waals surface area contributed by atoms with Crippen LogP contribution in [0.3, 0.4) is 0 Å². The Morgan fingerprint density at radius 2 is 1.88 bits per heavy atom. The smallest absolute Gasteiger partial charge is 0.0198 e. The van der Waals surface area contributed by atoms with Crippen molar-refractivity contribution in [3.8, 4) is 0 Å². The Balaban J connectivity index is 1.70. The molecule has 2 unspecified atom stereocenters. The lowest BCUT2D eigenvalue weighted by molar-refractivity contribution is 0.151. The lowest BCUT2D eigenvalue weighted by Gasteiger charge is -2.37. The quantitative estimate of drug-likeness (QED) is 0.810. The third-order valence-corrected chi connectivity index (χ3v) is 4.60. The fraction of sp³-hybridized carbons (Fsp3) is 1.00. The summed E-state index contributed by atoms with van der Waals surface area (Å²) in [6.07, 6.45) is 8.71. The van der Waals surface area contributed by atoms with Gasteiger partial charge in [0.15, 0.2) is 0 Å². The second-order valence-corrected chi connectivity index (χ2v) is 6.30. The number of piperidine rings is 1. The van der Waals surface area contributed by atoms with Gasteiger partial charge in [-0.3, -0.25) is 0 Å². The molecule has 17 heavy (non-hydrogen) atoms. The van der Waals surface area contributed by atoms with Crippen LogP contribution in [0.4, 0.5) is 0 Å². The molecule has 2 aliphatic rings. The first-order valence-corrected chi connectivity index (χ1v) is 7.73. The highest BCUT2D eigenvalue weighted by Gasteiger charge is 2.24. The molecule has 0 aromatic carbocycles. The van der Waals surface area contributed by atoms with Crippen molar-refractivity contribution in [2.45, 2.75) is 58.4 Å². The van der Waals surface area contributed by atoms with Crippen LogP contribution in [0.2, 0.25) is 0 Å². The van der Waals surface area contributed by atoms with E-state index in [1.807, 2.05) is 0 Å². The summed E-state index contributed by atoms with van der Waals surface area (Å²) in [5.41, 5.74) is 0. The van der Waals surface area contributed by atoms with Crippen molar-refractivity contribution in [1.82, 2.24) is 10.2 Å². The molecule has 0 amide bonds. The number of likely N-dealkylation sites (N-methyl/N-ethyl adjacent to an activating group) is 1. The first kappa shape index (κ1) is 13.4. The van der Waals surface area contributed by atoms with Gasteiger partial charge in [0.05, 0.1) is 0 Å². The highest BCUT2D eigenvalue weighted by Crippen LogP contribution is 2.23. The van der Waals surface area contributed by atoms with Crippen LogP contribution < -0.4 is 5.32 Å². The molecule has 2 fully saturated rings. The summed E-state index contributed by atoms with van der Waals surface area (Å²) >= 11 is 0. The van der Waals surface area contributed by atoms with Crippen molar-refractivity contribution < 1.29 is 0 Å². The fourth-order valence-corrected chi connectivity index (χ4v) is 3.59. The van der Waals surface area contributed by atoms with Crippen LogP contribution in [0.1, 0.15) is 52.4 Å². The second kappa shape index (κ2) is 6.75. The predicted molar refractivity (Wildman–Crippen MR) is 74.3 cm³/mol. The van der Waals surface area contributed by atoms with Crippen LogP contribution in [0.25, 0.3) is 0 Å². The minimum atomic E-state index is 0.751. The lowest BCUT2D eigenvalue weighted by atomic mass is 9.88. The minimum absolute atomic E-state index is 0.751. The standard InChI is InChI=1S/C15H30N2/c1-3-17-11-13(2)9-15(12-17)16-10-14-7-5-4-6-8-14/h13-16H,3-12H2,1-2H3. The number of nitrogens with zero attached hydrogens (tertiary/aromatic N) is 1. The van der Waals surface area contributed by atoms with Gasteiger partial charge in [-0.15, -0.1) is 0 Å². The first-order valence-electron chi connectivity index (χ1n) is 7.73. The van der Waals surface area contributed by atoms with E-state index in [-0.39, 0.29) is 0 Å². The van der Waals surface area contributed by atoms with E-state index in [1.54, 1.807) is 0 Å². The molecule has 1 aliphatic heterocycles. The van der Waals surface area contributed by atoms with Gasteiger partial charge in [-0.25, -0.2) is 0 Å². The van der Waals surface area contributed by atoms with Gasteiger partial charge in [-0.05, 0) is 44.2 Å². The Morgan fingerprint density at radius 1 is 1.12 bits per heavy atom. The lowest BCUT2D eigenvalue weighted by Crippen LogP contribution is -2.49. The zero-order valence-electron chi connectivity index (χ0n) is 11.8. The molecule has 0 radical (unpaired) electrons. The third kappa shape index (κ3) is 4.26. The van der Waals surface area contributed by atoms with Crippen molar-refractivity contribution in [2.24, 2.45) is 11.8 Å². The number of hydrogen-bond acceptors (Lipinski definition) is 2. The molecule has 2 atom stereocenters. The van der Waals surface area contributed by atoms with Gasteiger partial charge in [-0.2, -0.15) is 0 Å². The van der Waals surface area contributed by atoms with Gasteiger partial charge in [0.25, 0.3) is 0 Å². The van der Waals surface area contributed by atoms with E-state index in [1.165, 1.54) is 64.7 Å². The van der Waals surface area contributed by atoms with Crippen molar-refractivity contribution in [1.29, 1.82) is 0 Å². The molecule has 2 nitrogen and oxygen atoms in total. The van der Waals surface area contributed by atoms with Crippen molar-refractivity contribution >= 4 is 0 Å². The SMILES string of the molecule is CCN1CC(C)CC(NCC2CCCCC2)C1. The van der Waals surface area contributed by atoms with Gasteiger partial charge < -0.3 is 10.2 Å². The van der Waals surface area contributed by atoms with E-state index in [9.17, 15) is 0 Å². The average molecular weight is 238 g/mol. The van der Waals surface area contributed by atoms with Gasteiger partial charge >= 0.3 is 0 Å². The molecular weight excluding hydrogens is 208 g/mol. The maximum Gasteiger partial charge on any atom is 0.0198 e. The molecule has 1 heterocycles. The Labute approximate surface area is 107 Å². The van der Waals surface area contributed by atoms with E-state index >= 15 is 0 Å². The Kier molecular flexibility index (Phi) is 5.30. The maximum atomic E-state index is 3.84. The summed E-state index contributed by atoms with van der Waals surface area (Å²) in [5.74, 6) is 1.84. The molecule has 0 aromatic rings. The number of hydrogen-bond donors (Lipinski definition) is 1. The summed E-state index contributed by atoms with van der Waals surface area (Å²) in [7, 11) is 0. The molecular formula is C15H30N2. The summed E-state index contributed by atoms with van der Waals surface area (Å²) in [6.45, 7) is 9.75. The highest BCUT2D eigenvalue weighted by molar-refractivity contribution is 4.82. The van der Waals surface area contributed by atoms with Crippen LogP contribution in [0, 0.1) is 11.8 Å². The summed E-state index contributed by atoms with van der Waals surface area (Å²) in [5, 5.41) is 3.84. The van der Waals surface area contributed by atoms with Gasteiger partial charge in [0, 0.05) is 19.1 Å². The molecule has 1 saturated carbocycles. The van der Waals surface area contributed by atoms with Crippen LogP contribution in [0.15, 0.2) is 0 Å². The Bertz CT molecular complexity index is 211. The van der Waals surface area contributed by atoms with E-state index in [2.05, 4.69) is 24.1 Å². The summed E-state index contributed by atoms with van der Waals surface area (Å²) < 4.78 is 0. The van der Waals surface area contributed by atoms with Crippen LogP contribution in [0.5, 0.6) is 0 Å².